The fraction of sp³-hybridized carbons (Fsp3) is 0.188. The second-order valence-electron chi connectivity index (χ2n) is 4.96. The SMILES string of the molecule is O=C(NC1Cc2cccc(I)c2C1)c1ccc(F)cc1. The molecule has 1 aliphatic carbocycles. The van der Waals surface area contributed by atoms with Crippen LogP contribution >= 0.6 is 22.6 Å². The van der Waals surface area contributed by atoms with Crippen molar-refractivity contribution in [1.29, 1.82) is 0 Å². The van der Waals surface area contributed by atoms with Gasteiger partial charge in [0.05, 0.1) is 0 Å². The van der Waals surface area contributed by atoms with E-state index in [1.165, 1.54) is 39.0 Å². The standard InChI is InChI=1S/C16H13FINO/c17-12-6-4-10(5-7-12)16(20)19-13-8-11-2-1-3-15(18)14(11)9-13/h1-7,13H,8-9H2,(H,19,20). The van der Waals surface area contributed by atoms with Crippen molar-refractivity contribution >= 4 is 28.5 Å². The molecule has 0 spiro atoms. The van der Waals surface area contributed by atoms with Crippen molar-refractivity contribution in [1.82, 2.24) is 5.32 Å². The molecule has 0 saturated heterocycles. The highest BCUT2D eigenvalue weighted by molar-refractivity contribution is 14.1. The van der Waals surface area contributed by atoms with E-state index in [-0.39, 0.29) is 17.8 Å². The monoisotopic (exact) mass is 381 g/mol. The number of hydrogen-bond acceptors (Lipinski definition) is 1. The minimum absolute atomic E-state index is 0.124. The van der Waals surface area contributed by atoms with Gasteiger partial charge in [-0.15, -0.1) is 0 Å². The van der Waals surface area contributed by atoms with Gasteiger partial charge in [0.2, 0.25) is 0 Å². The smallest absolute Gasteiger partial charge is 0.251 e. The summed E-state index contributed by atoms with van der Waals surface area (Å²) in [4.78, 5) is 12.1. The van der Waals surface area contributed by atoms with Gasteiger partial charge in [-0.2, -0.15) is 0 Å². The normalized spacial score (nSPS) is 16.8. The Balaban J connectivity index is 1.70. The third kappa shape index (κ3) is 2.70. The first kappa shape index (κ1) is 13.5. The molecule has 1 N–H and O–H groups in total. The van der Waals surface area contributed by atoms with Crippen molar-refractivity contribution < 1.29 is 9.18 Å². The van der Waals surface area contributed by atoms with Crippen molar-refractivity contribution in [3.63, 3.8) is 0 Å². The second-order valence-corrected chi connectivity index (χ2v) is 6.13. The molecule has 0 saturated carbocycles. The lowest BCUT2D eigenvalue weighted by Crippen LogP contribution is -2.35. The van der Waals surface area contributed by atoms with Gasteiger partial charge in [0.15, 0.2) is 0 Å². The van der Waals surface area contributed by atoms with E-state index in [1.54, 1.807) is 0 Å². The van der Waals surface area contributed by atoms with Crippen LogP contribution in [0.25, 0.3) is 0 Å². The van der Waals surface area contributed by atoms with Crippen LogP contribution in [-0.2, 0) is 12.8 Å². The molecule has 0 aromatic heterocycles. The molecule has 20 heavy (non-hydrogen) atoms. The third-order valence-electron chi connectivity index (χ3n) is 3.57. The maximum Gasteiger partial charge on any atom is 0.251 e. The van der Waals surface area contributed by atoms with Gasteiger partial charge in [-0.1, -0.05) is 12.1 Å². The van der Waals surface area contributed by atoms with Crippen LogP contribution in [0.5, 0.6) is 0 Å². The number of hydrogen-bond donors (Lipinski definition) is 1. The Morgan fingerprint density at radius 1 is 1.15 bits per heavy atom. The van der Waals surface area contributed by atoms with E-state index < -0.39 is 0 Å². The summed E-state index contributed by atoms with van der Waals surface area (Å²) in [7, 11) is 0. The topological polar surface area (TPSA) is 29.1 Å². The van der Waals surface area contributed by atoms with E-state index >= 15 is 0 Å². The quantitative estimate of drug-likeness (QED) is 0.795. The minimum Gasteiger partial charge on any atom is -0.349 e. The molecule has 1 amide bonds. The van der Waals surface area contributed by atoms with Crippen LogP contribution in [0.15, 0.2) is 42.5 Å². The molecule has 1 aliphatic rings. The van der Waals surface area contributed by atoms with Gasteiger partial charge >= 0.3 is 0 Å². The van der Waals surface area contributed by atoms with Crippen molar-refractivity contribution in [2.24, 2.45) is 0 Å². The molecule has 2 aromatic carbocycles. The molecule has 2 nitrogen and oxygen atoms in total. The highest BCUT2D eigenvalue weighted by Crippen LogP contribution is 2.26. The summed E-state index contributed by atoms with van der Waals surface area (Å²) in [5, 5.41) is 3.02. The molecule has 4 heteroatoms. The van der Waals surface area contributed by atoms with Crippen molar-refractivity contribution in [3.8, 4) is 0 Å². The molecule has 0 aliphatic heterocycles. The summed E-state index contributed by atoms with van der Waals surface area (Å²) in [5.41, 5.74) is 3.14. The maximum atomic E-state index is 12.8. The predicted octanol–water partition coefficient (Wildman–Crippen LogP) is 3.33. The van der Waals surface area contributed by atoms with Gasteiger partial charge in [0, 0.05) is 15.2 Å². The summed E-state index contributed by atoms with van der Waals surface area (Å²) in [6.07, 6.45) is 1.72. The Hall–Kier alpha value is -1.43. The lowest BCUT2D eigenvalue weighted by molar-refractivity contribution is 0.0938. The van der Waals surface area contributed by atoms with Crippen LogP contribution in [0.4, 0.5) is 4.39 Å². The molecule has 102 valence electrons. The number of fused-ring (bicyclic) bond motifs is 1. The summed E-state index contributed by atoms with van der Waals surface area (Å²) in [6, 6.07) is 12.0. The Morgan fingerprint density at radius 3 is 2.60 bits per heavy atom. The Kier molecular flexibility index (Phi) is 3.74. The molecule has 1 atom stereocenters. The Labute approximate surface area is 130 Å². The van der Waals surface area contributed by atoms with E-state index in [0.717, 1.165) is 12.8 Å². The van der Waals surface area contributed by atoms with Crippen LogP contribution < -0.4 is 5.32 Å². The maximum absolute atomic E-state index is 12.8. The van der Waals surface area contributed by atoms with Gasteiger partial charge in [0.25, 0.3) is 5.91 Å². The van der Waals surface area contributed by atoms with E-state index in [4.69, 9.17) is 0 Å². The lowest BCUT2D eigenvalue weighted by Gasteiger charge is -2.12. The zero-order valence-electron chi connectivity index (χ0n) is 10.7. The molecular weight excluding hydrogens is 368 g/mol. The largest absolute Gasteiger partial charge is 0.349 e. The van der Waals surface area contributed by atoms with E-state index in [9.17, 15) is 9.18 Å². The van der Waals surface area contributed by atoms with Crippen molar-refractivity contribution in [2.75, 3.05) is 0 Å². The predicted molar refractivity (Wildman–Crippen MR) is 84.2 cm³/mol. The first-order valence-corrected chi connectivity index (χ1v) is 7.54. The van der Waals surface area contributed by atoms with Gasteiger partial charge < -0.3 is 5.32 Å². The number of nitrogens with one attached hydrogen (secondary N) is 1. The average molecular weight is 381 g/mol. The Bertz CT molecular complexity index is 654. The van der Waals surface area contributed by atoms with Gasteiger partial charge in [-0.3, -0.25) is 4.79 Å². The van der Waals surface area contributed by atoms with E-state index in [0.29, 0.717) is 5.56 Å². The van der Waals surface area contributed by atoms with Crippen LogP contribution in [0.2, 0.25) is 0 Å². The van der Waals surface area contributed by atoms with Crippen LogP contribution in [0, 0.1) is 9.39 Å². The zero-order chi connectivity index (χ0) is 14.1. The molecule has 3 rings (SSSR count). The number of amides is 1. The summed E-state index contributed by atoms with van der Waals surface area (Å²) < 4.78 is 14.1. The zero-order valence-corrected chi connectivity index (χ0v) is 12.9. The summed E-state index contributed by atoms with van der Waals surface area (Å²) in [5.74, 6) is -0.470. The molecule has 2 aromatic rings. The average Bonchev–Trinajstić information content (AvgIpc) is 2.83. The number of carbonyl (C=O) groups is 1. The molecule has 0 fully saturated rings. The van der Waals surface area contributed by atoms with Crippen LogP contribution in [0.1, 0.15) is 21.5 Å². The summed E-state index contributed by atoms with van der Waals surface area (Å²) in [6.45, 7) is 0. The fourth-order valence-corrected chi connectivity index (χ4v) is 3.35. The fourth-order valence-electron chi connectivity index (χ4n) is 2.58. The second kappa shape index (κ2) is 5.52. The number of rotatable bonds is 2. The molecular formula is C16H13FINO. The lowest BCUT2D eigenvalue weighted by atomic mass is 10.1. The number of halogens is 2. The van der Waals surface area contributed by atoms with Crippen molar-refractivity contribution in [2.45, 2.75) is 18.9 Å². The molecule has 0 bridgehead atoms. The number of carbonyl (C=O) groups excluding carboxylic acids is 1. The van der Waals surface area contributed by atoms with E-state index in [2.05, 4.69) is 40.0 Å². The van der Waals surface area contributed by atoms with E-state index in [1.807, 2.05) is 6.07 Å². The third-order valence-corrected chi connectivity index (χ3v) is 4.59. The first-order valence-electron chi connectivity index (χ1n) is 6.46. The molecule has 0 heterocycles. The summed E-state index contributed by atoms with van der Waals surface area (Å²) >= 11 is 2.33. The molecule has 0 radical (unpaired) electrons. The van der Waals surface area contributed by atoms with Crippen LogP contribution in [-0.4, -0.2) is 11.9 Å². The highest BCUT2D eigenvalue weighted by Gasteiger charge is 2.24. The van der Waals surface area contributed by atoms with Crippen molar-refractivity contribution in [3.05, 3.63) is 68.5 Å². The van der Waals surface area contributed by atoms with Gasteiger partial charge in [-0.05, 0) is 76.9 Å². The first-order chi connectivity index (χ1) is 9.63. The number of benzene rings is 2. The van der Waals surface area contributed by atoms with Gasteiger partial charge in [-0.25, -0.2) is 4.39 Å². The van der Waals surface area contributed by atoms with Crippen LogP contribution in [0.3, 0.4) is 0 Å². The Morgan fingerprint density at radius 2 is 1.90 bits per heavy atom. The van der Waals surface area contributed by atoms with Gasteiger partial charge in [0.1, 0.15) is 5.82 Å². The minimum atomic E-state index is -0.329. The highest BCUT2D eigenvalue weighted by atomic mass is 127. The molecule has 1 unspecified atom stereocenters.